The molecule has 1 heterocycles. The Labute approximate surface area is 126 Å². The molecule has 2 rings (SSSR count). The Morgan fingerprint density at radius 1 is 1.33 bits per heavy atom. The second-order valence-corrected chi connectivity index (χ2v) is 5.69. The van der Waals surface area contributed by atoms with Crippen molar-refractivity contribution in [2.45, 2.75) is 24.7 Å². The first kappa shape index (κ1) is 15.3. The van der Waals surface area contributed by atoms with E-state index in [-0.39, 0.29) is 5.92 Å². The molecule has 0 fully saturated rings. The number of benzene rings is 1. The molecule has 0 atom stereocenters. The van der Waals surface area contributed by atoms with Crippen LogP contribution in [-0.2, 0) is 0 Å². The Hall–Kier alpha value is -2.08. The Balaban J connectivity index is 2.75. The highest BCUT2D eigenvalue weighted by atomic mass is 32.2. The number of rotatable bonds is 4. The van der Waals surface area contributed by atoms with Crippen molar-refractivity contribution in [2.75, 3.05) is 6.26 Å². The van der Waals surface area contributed by atoms with Crippen molar-refractivity contribution in [3.63, 3.8) is 0 Å². The van der Waals surface area contributed by atoms with Crippen LogP contribution in [0.1, 0.15) is 35.8 Å². The van der Waals surface area contributed by atoms with E-state index in [1.165, 1.54) is 16.4 Å². The van der Waals surface area contributed by atoms with Gasteiger partial charge >= 0.3 is 5.97 Å². The third-order valence-electron chi connectivity index (χ3n) is 3.10. The third-order valence-corrected chi connectivity index (χ3v) is 3.89. The van der Waals surface area contributed by atoms with Gasteiger partial charge in [-0.1, -0.05) is 26.0 Å². The summed E-state index contributed by atoms with van der Waals surface area (Å²) in [6.45, 7) is 3.71. The number of aromatic nitrogens is 2. The minimum atomic E-state index is -1.31. The zero-order chi connectivity index (χ0) is 15.6. The SMILES string of the molecule is CSc1ccccc1-n1cc(C(C)C)c(=O)c(C(=O)O)n1. The predicted molar refractivity (Wildman–Crippen MR) is 82.7 cm³/mol. The fraction of sp³-hybridized carbons (Fsp3) is 0.267. The topological polar surface area (TPSA) is 72.2 Å². The number of nitrogens with zero attached hydrogens (tertiary/aromatic N) is 2. The molecule has 110 valence electrons. The Bertz CT molecular complexity index is 738. The second kappa shape index (κ2) is 6.13. The smallest absolute Gasteiger partial charge is 0.360 e. The lowest BCUT2D eigenvalue weighted by atomic mass is 10.0. The summed E-state index contributed by atoms with van der Waals surface area (Å²) in [5, 5.41) is 13.2. The maximum atomic E-state index is 12.1. The van der Waals surface area contributed by atoms with Crippen molar-refractivity contribution >= 4 is 17.7 Å². The van der Waals surface area contributed by atoms with Gasteiger partial charge in [0, 0.05) is 16.7 Å². The number of hydrogen-bond donors (Lipinski definition) is 1. The number of aromatic carboxylic acids is 1. The Morgan fingerprint density at radius 3 is 2.57 bits per heavy atom. The summed E-state index contributed by atoms with van der Waals surface area (Å²) in [5.41, 5.74) is 0.236. The van der Waals surface area contributed by atoms with Crippen LogP contribution in [-0.4, -0.2) is 27.1 Å². The molecule has 1 aromatic carbocycles. The zero-order valence-corrected chi connectivity index (χ0v) is 12.8. The van der Waals surface area contributed by atoms with Gasteiger partial charge in [-0.3, -0.25) is 4.79 Å². The van der Waals surface area contributed by atoms with Crippen LogP contribution in [0.15, 0.2) is 40.2 Å². The van der Waals surface area contributed by atoms with Gasteiger partial charge in [-0.15, -0.1) is 11.8 Å². The molecule has 5 nitrogen and oxygen atoms in total. The number of carboxylic acids is 1. The zero-order valence-electron chi connectivity index (χ0n) is 12.0. The molecule has 6 heteroatoms. The summed E-state index contributed by atoms with van der Waals surface area (Å²) in [7, 11) is 0. The van der Waals surface area contributed by atoms with E-state index in [4.69, 9.17) is 0 Å². The highest BCUT2D eigenvalue weighted by Gasteiger charge is 2.18. The first-order chi connectivity index (χ1) is 9.95. The minimum Gasteiger partial charge on any atom is -0.476 e. The molecule has 1 N–H and O–H groups in total. The lowest BCUT2D eigenvalue weighted by Crippen LogP contribution is -2.25. The van der Waals surface area contributed by atoms with Crippen molar-refractivity contribution in [2.24, 2.45) is 0 Å². The fourth-order valence-electron chi connectivity index (χ4n) is 2.00. The highest BCUT2D eigenvalue weighted by molar-refractivity contribution is 7.98. The summed E-state index contributed by atoms with van der Waals surface area (Å²) < 4.78 is 1.48. The van der Waals surface area contributed by atoms with E-state index in [0.717, 1.165) is 10.6 Å². The summed E-state index contributed by atoms with van der Waals surface area (Å²) in [4.78, 5) is 24.3. The quantitative estimate of drug-likeness (QED) is 0.879. The van der Waals surface area contributed by atoms with Crippen LogP contribution in [0.4, 0.5) is 0 Å². The van der Waals surface area contributed by atoms with Crippen molar-refractivity contribution in [1.29, 1.82) is 0 Å². The number of hydrogen-bond acceptors (Lipinski definition) is 4. The standard InChI is InChI=1S/C15H16N2O3S/c1-9(2)10-8-17(16-13(14(10)18)15(19)20)11-6-4-5-7-12(11)21-3/h4-9H,1-3H3,(H,19,20). The van der Waals surface area contributed by atoms with Gasteiger partial charge in [0.2, 0.25) is 11.1 Å². The van der Waals surface area contributed by atoms with Crippen molar-refractivity contribution < 1.29 is 9.90 Å². The normalized spacial score (nSPS) is 10.9. The first-order valence-electron chi connectivity index (χ1n) is 6.46. The summed E-state index contributed by atoms with van der Waals surface area (Å²) in [6.07, 6.45) is 3.55. The number of thioether (sulfide) groups is 1. The second-order valence-electron chi connectivity index (χ2n) is 4.84. The van der Waals surface area contributed by atoms with E-state index in [0.29, 0.717) is 5.56 Å². The van der Waals surface area contributed by atoms with Crippen LogP contribution in [0.3, 0.4) is 0 Å². The maximum absolute atomic E-state index is 12.1. The summed E-state index contributed by atoms with van der Waals surface area (Å²) in [6, 6.07) is 7.53. The molecule has 0 saturated carbocycles. The van der Waals surface area contributed by atoms with Gasteiger partial charge in [0.25, 0.3) is 0 Å². The average molecular weight is 304 g/mol. The molecule has 0 spiro atoms. The van der Waals surface area contributed by atoms with Gasteiger partial charge < -0.3 is 5.11 Å². The number of carboxylic acid groups (broad SMARTS) is 1. The van der Waals surface area contributed by atoms with Gasteiger partial charge in [-0.25, -0.2) is 9.48 Å². The Morgan fingerprint density at radius 2 is 2.00 bits per heavy atom. The van der Waals surface area contributed by atoms with E-state index in [1.54, 1.807) is 6.20 Å². The molecule has 0 radical (unpaired) electrons. The average Bonchev–Trinajstić information content (AvgIpc) is 2.46. The Kier molecular flexibility index (Phi) is 4.47. The fourth-order valence-corrected chi connectivity index (χ4v) is 2.59. The molecule has 0 amide bonds. The van der Waals surface area contributed by atoms with Crippen LogP contribution in [0, 0.1) is 0 Å². The largest absolute Gasteiger partial charge is 0.476 e. The van der Waals surface area contributed by atoms with Gasteiger partial charge in [0.15, 0.2) is 0 Å². The van der Waals surface area contributed by atoms with E-state index in [9.17, 15) is 14.7 Å². The highest BCUT2D eigenvalue weighted by Crippen LogP contribution is 2.23. The molecule has 0 saturated heterocycles. The molecule has 0 aliphatic carbocycles. The molecule has 0 aliphatic rings. The van der Waals surface area contributed by atoms with E-state index >= 15 is 0 Å². The lowest BCUT2D eigenvalue weighted by molar-refractivity contribution is 0.0686. The molecule has 0 aliphatic heterocycles. The van der Waals surface area contributed by atoms with Crippen LogP contribution >= 0.6 is 11.8 Å². The molecule has 21 heavy (non-hydrogen) atoms. The summed E-state index contributed by atoms with van der Waals surface area (Å²) in [5.74, 6) is -1.39. The number of para-hydroxylation sites is 1. The maximum Gasteiger partial charge on any atom is 0.360 e. The molecular formula is C15H16N2O3S. The molecule has 2 aromatic rings. The van der Waals surface area contributed by atoms with Gasteiger partial charge in [-0.2, -0.15) is 5.10 Å². The van der Waals surface area contributed by atoms with Crippen molar-refractivity contribution in [1.82, 2.24) is 9.78 Å². The molecule has 0 unspecified atom stereocenters. The van der Waals surface area contributed by atoms with Crippen LogP contribution in [0.5, 0.6) is 0 Å². The first-order valence-corrected chi connectivity index (χ1v) is 7.68. The van der Waals surface area contributed by atoms with Gasteiger partial charge in [0.1, 0.15) is 0 Å². The van der Waals surface area contributed by atoms with E-state index in [2.05, 4.69) is 5.10 Å². The predicted octanol–water partition coefficient (Wildman–Crippen LogP) is 2.78. The van der Waals surface area contributed by atoms with Crippen molar-refractivity contribution in [3.8, 4) is 5.69 Å². The van der Waals surface area contributed by atoms with Crippen LogP contribution in [0.25, 0.3) is 5.69 Å². The van der Waals surface area contributed by atoms with E-state index in [1.807, 2.05) is 44.4 Å². The van der Waals surface area contributed by atoms with Gasteiger partial charge in [0.05, 0.1) is 5.69 Å². The third kappa shape index (κ3) is 3.00. The monoisotopic (exact) mass is 304 g/mol. The molecule has 1 aromatic heterocycles. The molecular weight excluding hydrogens is 288 g/mol. The van der Waals surface area contributed by atoms with Crippen molar-refractivity contribution in [3.05, 3.63) is 51.9 Å². The van der Waals surface area contributed by atoms with Crippen LogP contribution in [0.2, 0.25) is 0 Å². The number of carbonyl (C=O) groups is 1. The van der Waals surface area contributed by atoms with Gasteiger partial charge in [-0.05, 0) is 24.3 Å². The minimum absolute atomic E-state index is 0.0775. The van der Waals surface area contributed by atoms with Crippen LogP contribution < -0.4 is 5.43 Å². The van der Waals surface area contributed by atoms with E-state index < -0.39 is 17.1 Å². The summed E-state index contributed by atoms with van der Waals surface area (Å²) >= 11 is 1.54. The molecule has 0 bridgehead atoms. The lowest BCUT2D eigenvalue weighted by Gasteiger charge is -2.13.